The lowest BCUT2D eigenvalue weighted by Gasteiger charge is -1.91. The molecule has 0 saturated carbocycles. The van der Waals surface area contributed by atoms with Gasteiger partial charge in [0, 0.05) is 12.1 Å². The molecule has 11 heavy (non-hydrogen) atoms. The summed E-state index contributed by atoms with van der Waals surface area (Å²) in [5.41, 5.74) is 5.19. The van der Waals surface area contributed by atoms with Crippen LogP contribution in [0, 0.1) is 22.7 Å². The highest BCUT2D eigenvalue weighted by Crippen LogP contribution is 2.09. The Kier molecular flexibility index (Phi) is 1.87. The first-order chi connectivity index (χ1) is 5.27. The van der Waals surface area contributed by atoms with Gasteiger partial charge in [-0.3, -0.25) is 0 Å². The summed E-state index contributed by atoms with van der Waals surface area (Å²) < 4.78 is 0. The van der Waals surface area contributed by atoms with E-state index in [0.717, 1.165) is 5.69 Å². The van der Waals surface area contributed by atoms with Crippen LogP contribution in [0.5, 0.6) is 0 Å². The van der Waals surface area contributed by atoms with Crippen molar-refractivity contribution in [3.8, 4) is 12.1 Å². The van der Waals surface area contributed by atoms with Gasteiger partial charge in [-0.1, -0.05) is 0 Å². The van der Waals surface area contributed by atoms with E-state index in [-0.39, 0.29) is 0 Å². The zero-order valence-electron chi connectivity index (χ0n) is 5.83. The smallest absolute Gasteiger partial charge is 0.129 e. The van der Waals surface area contributed by atoms with E-state index in [4.69, 9.17) is 10.5 Å². The molecular formula is C8H6N3+. The summed E-state index contributed by atoms with van der Waals surface area (Å²) in [6.07, 6.45) is 0. The fraction of sp³-hybridized carbons (Fsp3) is 0. The Bertz CT molecular complexity index is 355. The summed E-state index contributed by atoms with van der Waals surface area (Å²) in [6, 6.07) is 8.75. The molecule has 52 valence electrons. The lowest BCUT2D eigenvalue weighted by atomic mass is 10.1. The van der Waals surface area contributed by atoms with Crippen molar-refractivity contribution in [3.05, 3.63) is 29.3 Å². The van der Waals surface area contributed by atoms with E-state index in [9.17, 15) is 0 Å². The molecule has 0 bridgehead atoms. The maximum absolute atomic E-state index is 8.55. The minimum atomic E-state index is 0.389. The van der Waals surface area contributed by atoms with Crippen molar-refractivity contribution in [2.45, 2.75) is 0 Å². The molecule has 1 aromatic carbocycles. The van der Waals surface area contributed by atoms with Gasteiger partial charge < -0.3 is 5.73 Å². The van der Waals surface area contributed by atoms with Gasteiger partial charge >= 0.3 is 0 Å². The number of quaternary nitrogens is 1. The number of hydrogen-bond donors (Lipinski definition) is 1. The number of benzene rings is 1. The molecule has 0 aromatic heterocycles. The Labute approximate surface area is 64.3 Å². The van der Waals surface area contributed by atoms with Crippen molar-refractivity contribution in [1.82, 2.24) is 0 Å². The van der Waals surface area contributed by atoms with E-state index in [1.54, 1.807) is 18.2 Å². The number of rotatable bonds is 0. The van der Waals surface area contributed by atoms with Gasteiger partial charge in [0.15, 0.2) is 0 Å². The van der Waals surface area contributed by atoms with Crippen molar-refractivity contribution in [1.29, 1.82) is 10.5 Å². The van der Waals surface area contributed by atoms with Crippen LogP contribution in [0.3, 0.4) is 0 Å². The summed E-state index contributed by atoms with van der Waals surface area (Å²) in [5.74, 6) is 0. The standard InChI is InChI=1S/C8H5N3/c9-4-6-1-2-8(11)3-7(6)5-10/h1-3H,11H2/p+1. The van der Waals surface area contributed by atoms with Crippen LogP contribution < -0.4 is 5.73 Å². The number of nitrogens with zero attached hydrogens (tertiary/aromatic N) is 2. The van der Waals surface area contributed by atoms with Crippen LogP contribution in [0.25, 0.3) is 0 Å². The van der Waals surface area contributed by atoms with Crippen molar-refractivity contribution in [2.24, 2.45) is 0 Å². The average molecular weight is 144 g/mol. The van der Waals surface area contributed by atoms with Gasteiger partial charge in [0.05, 0.1) is 11.1 Å². The van der Waals surface area contributed by atoms with Crippen molar-refractivity contribution in [2.75, 3.05) is 0 Å². The first-order valence-electron chi connectivity index (χ1n) is 3.04. The Morgan fingerprint density at radius 2 is 1.73 bits per heavy atom. The zero-order valence-corrected chi connectivity index (χ0v) is 5.83. The molecule has 0 heterocycles. The minimum Gasteiger partial charge on any atom is -0.325 e. The molecule has 3 N–H and O–H groups in total. The van der Waals surface area contributed by atoms with E-state index in [0.29, 0.717) is 11.1 Å². The molecule has 0 saturated heterocycles. The van der Waals surface area contributed by atoms with E-state index >= 15 is 0 Å². The van der Waals surface area contributed by atoms with Gasteiger partial charge in [-0.25, -0.2) is 0 Å². The molecule has 1 aromatic rings. The molecule has 0 aliphatic heterocycles. The molecule has 3 heteroatoms. The molecule has 0 aliphatic carbocycles. The third-order valence-corrected chi connectivity index (χ3v) is 1.32. The van der Waals surface area contributed by atoms with Crippen LogP contribution in [-0.4, -0.2) is 0 Å². The molecule has 0 aliphatic rings. The molecule has 0 spiro atoms. The van der Waals surface area contributed by atoms with Gasteiger partial charge in [-0.2, -0.15) is 10.5 Å². The minimum absolute atomic E-state index is 0.389. The van der Waals surface area contributed by atoms with Gasteiger partial charge in [0.1, 0.15) is 17.8 Å². The lowest BCUT2D eigenvalue weighted by molar-refractivity contribution is -0.254. The highest BCUT2D eigenvalue weighted by atomic mass is 14.5. The molecule has 0 radical (unpaired) electrons. The molecule has 0 atom stereocenters. The second-order valence-electron chi connectivity index (χ2n) is 2.10. The second-order valence-corrected chi connectivity index (χ2v) is 2.10. The average Bonchev–Trinajstić information content (AvgIpc) is 2.04. The zero-order chi connectivity index (χ0) is 8.27. The third kappa shape index (κ3) is 1.35. The van der Waals surface area contributed by atoms with Crippen molar-refractivity contribution >= 4 is 5.69 Å². The molecule has 1 rings (SSSR count). The monoisotopic (exact) mass is 144 g/mol. The first-order valence-corrected chi connectivity index (χ1v) is 3.04. The Hall–Kier alpha value is -1.84. The second kappa shape index (κ2) is 2.83. The van der Waals surface area contributed by atoms with Crippen LogP contribution >= 0.6 is 0 Å². The summed E-state index contributed by atoms with van der Waals surface area (Å²) >= 11 is 0. The predicted octanol–water partition coefficient (Wildman–Crippen LogP) is 0.303. The molecule has 0 amide bonds. The number of nitriles is 2. The maximum Gasteiger partial charge on any atom is 0.129 e. The molecule has 3 nitrogen and oxygen atoms in total. The van der Waals surface area contributed by atoms with Crippen LogP contribution in [0.2, 0.25) is 0 Å². The van der Waals surface area contributed by atoms with E-state index in [1.165, 1.54) is 0 Å². The fourth-order valence-electron chi connectivity index (χ4n) is 0.781. The van der Waals surface area contributed by atoms with Crippen LogP contribution in [0.4, 0.5) is 5.69 Å². The highest BCUT2D eigenvalue weighted by molar-refractivity contribution is 5.50. The fourth-order valence-corrected chi connectivity index (χ4v) is 0.781. The van der Waals surface area contributed by atoms with Crippen molar-refractivity contribution < 1.29 is 5.73 Å². The quantitative estimate of drug-likeness (QED) is 0.568. The highest BCUT2D eigenvalue weighted by Gasteiger charge is 2.01. The van der Waals surface area contributed by atoms with E-state index < -0.39 is 0 Å². The van der Waals surface area contributed by atoms with Gasteiger partial charge in [0.2, 0.25) is 0 Å². The van der Waals surface area contributed by atoms with Crippen LogP contribution in [-0.2, 0) is 0 Å². The normalized spacial score (nSPS) is 8.27. The SMILES string of the molecule is N#Cc1ccc([NH3+])cc1C#N. The molecular weight excluding hydrogens is 138 g/mol. The van der Waals surface area contributed by atoms with Gasteiger partial charge in [0.25, 0.3) is 0 Å². The lowest BCUT2D eigenvalue weighted by Crippen LogP contribution is -2.40. The summed E-state index contributed by atoms with van der Waals surface area (Å²) in [7, 11) is 0. The summed E-state index contributed by atoms with van der Waals surface area (Å²) in [6.45, 7) is 0. The first kappa shape index (κ1) is 7.27. The van der Waals surface area contributed by atoms with Crippen LogP contribution in [0.15, 0.2) is 18.2 Å². The summed E-state index contributed by atoms with van der Waals surface area (Å²) in [5, 5.41) is 17.1. The largest absolute Gasteiger partial charge is 0.325 e. The van der Waals surface area contributed by atoms with Crippen molar-refractivity contribution in [3.63, 3.8) is 0 Å². The maximum atomic E-state index is 8.55. The Morgan fingerprint density at radius 1 is 1.09 bits per heavy atom. The van der Waals surface area contributed by atoms with E-state index in [2.05, 4.69) is 5.73 Å². The van der Waals surface area contributed by atoms with Gasteiger partial charge in [-0.15, -0.1) is 0 Å². The van der Waals surface area contributed by atoms with Crippen LogP contribution in [0.1, 0.15) is 11.1 Å². The predicted molar refractivity (Wildman–Crippen MR) is 38.4 cm³/mol. The van der Waals surface area contributed by atoms with Gasteiger partial charge in [-0.05, 0) is 6.07 Å². The number of hydrogen-bond acceptors (Lipinski definition) is 2. The third-order valence-electron chi connectivity index (χ3n) is 1.32. The topological polar surface area (TPSA) is 75.2 Å². The Morgan fingerprint density at radius 3 is 2.27 bits per heavy atom. The Balaban J connectivity index is 3.34. The molecule has 0 fully saturated rings. The van der Waals surface area contributed by atoms with E-state index in [1.807, 2.05) is 12.1 Å². The summed E-state index contributed by atoms with van der Waals surface area (Å²) in [4.78, 5) is 0. The molecule has 0 unspecified atom stereocenters.